The van der Waals surface area contributed by atoms with Gasteiger partial charge in [-0.05, 0) is 48.2 Å². The Bertz CT molecular complexity index is 634. The van der Waals surface area contributed by atoms with Crippen LogP contribution in [0.25, 0.3) is 0 Å². The third-order valence-corrected chi connectivity index (χ3v) is 4.05. The maximum absolute atomic E-state index is 12.4. The van der Waals surface area contributed by atoms with E-state index in [0.29, 0.717) is 5.02 Å². The Hall–Kier alpha value is -1.80. The van der Waals surface area contributed by atoms with Crippen LogP contribution in [0, 0.1) is 5.92 Å². The minimum atomic E-state index is 0.0625. The molecule has 0 N–H and O–H groups in total. The van der Waals surface area contributed by atoms with E-state index in [1.807, 2.05) is 24.3 Å². The van der Waals surface area contributed by atoms with Gasteiger partial charge in [0.1, 0.15) is 5.75 Å². The van der Waals surface area contributed by atoms with Crippen molar-refractivity contribution in [3.05, 3.63) is 64.7 Å². The van der Waals surface area contributed by atoms with Crippen LogP contribution in [0.2, 0.25) is 5.02 Å². The maximum Gasteiger partial charge on any atom is 0.166 e. The predicted octanol–water partition coefficient (Wildman–Crippen LogP) is 4.34. The van der Waals surface area contributed by atoms with Crippen LogP contribution >= 0.6 is 11.6 Å². The van der Waals surface area contributed by atoms with Crippen LogP contribution in [0.5, 0.6) is 5.75 Å². The van der Waals surface area contributed by atoms with Crippen molar-refractivity contribution in [1.82, 2.24) is 0 Å². The van der Waals surface area contributed by atoms with Crippen molar-refractivity contribution in [1.29, 1.82) is 0 Å². The van der Waals surface area contributed by atoms with Crippen molar-refractivity contribution in [2.24, 2.45) is 5.92 Å². The van der Waals surface area contributed by atoms with Crippen LogP contribution in [0.3, 0.4) is 0 Å². The number of rotatable bonds is 4. The summed E-state index contributed by atoms with van der Waals surface area (Å²) in [5, 5.41) is 0.652. The fourth-order valence-corrected chi connectivity index (χ4v) is 2.76. The van der Waals surface area contributed by atoms with Gasteiger partial charge in [-0.25, -0.2) is 0 Å². The van der Waals surface area contributed by atoms with Crippen molar-refractivity contribution >= 4 is 17.4 Å². The van der Waals surface area contributed by atoms with Crippen molar-refractivity contribution in [3.63, 3.8) is 0 Å². The number of methoxy groups -OCH3 is 1. The van der Waals surface area contributed by atoms with Crippen LogP contribution in [-0.4, -0.2) is 12.9 Å². The number of hydrogen-bond acceptors (Lipinski definition) is 2. The molecule has 2 aromatic carbocycles. The molecule has 0 amide bonds. The highest BCUT2D eigenvalue weighted by atomic mass is 35.5. The number of para-hydroxylation sites is 1. The van der Waals surface area contributed by atoms with E-state index in [0.717, 1.165) is 23.3 Å². The summed E-state index contributed by atoms with van der Waals surface area (Å²) < 4.78 is 5.37. The summed E-state index contributed by atoms with van der Waals surface area (Å²) in [6.45, 7) is 0. The van der Waals surface area contributed by atoms with Gasteiger partial charge in [-0.2, -0.15) is 0 Å². The molecule has 0 heterocycles. The van der Waals surface area contributed by atoms with E-state index in [1.54, 1.807) is 31.4 Å². The van der Waals surface area contributed by atoms with E-state index in [2.05, 4.69) is 0 Å². The van der Waals surface area contributed by atoms with Gasteiger partial charge < -0.3 is 4.74 Å². The van der Waals surface area contributed by atoms with Gasteiger partial charge in [-0.1, -0.05) is 29.8 Å². The number of benzene rings is 2. The zero-order valence-electron chi connectivity index (χ0n) is 11.2. The van der Waals surface area contributed by atoms with Crippen LogP contribution in [0.4, 0.5) is 0 Å². The molecule has 20 heavy (non-hydrogen) atoms. The zero-order valence-corrected chi connectivity index (χ0v) is 11.9. The molecular weight excluding hydrogens is 272 g/mol. The second-order valence-corrected chi connectivity index (χ2v) is 5.50. The van der Waals surface area contributed by atoms with E-state index in [1.165, 1.54) is 0 Å². The Balaban J connectivity index is 1.78. The molecule has 0 aliphatic heterocycles. The number of ketones is 1. The molecule has 1 fully saturated rings. The number of hydrogen-bond donors (Lipinski definition) is 0. The molecule has 2 nitrogen and oxygen atoms in total. The monoisotopic (exact) mass is 286 g/mol. The van der Waals surface area contributed by atoms with Gasteiger partial charge in [-0.15, -0.1) is 0 Å². The van der Waals surface area contributed by atoms with E-state index in [4.69, 9.17) is 16.3 Å². The maximum atomic E-state index is 12.4. The summed E-state index contributed by atoms with van der Waals surface area (Å²) in [5.41, 5.74) is 1.86. The minimum Gasteiger partial charge on any atom is -0.496 e. The Morgan fingerprint density at radius 1 is 1.15 bits per heavy atom. The van der Waals surface area contributed by atoms with Gasteiger partial charge in [-0.3, -0.25) is 4.79 Å². The number of carbonyl (C=O) groups is 1. The van der Waals surface area contributed by atoms with Gasteiger partial charge in [0.15, 0.2) is 5.78 Å². The molecule has 3 heteroatoms. The molecule has 0 saturated heterocycles. The molecule has 0 radical (unpaired) electrons. The molecule has 2 aromatic rings. The molecule has 1 saturated carbocycles. The summed E-state index contributed by atoms with van der Waals surface area (Å²) in [6, 6.07) is 15.0. The van der Waals surface area contributed by atoms with Crippen LogP contribution in [-0.2, 0) is 0 Å². The lowest BCUT2D eigenvalue weighted by atomic mass is 10.0. The molecule has 3 rings (SSSR count). The largest absolute Gasteiger partial charge is 0.496 e. The van der Waals surface area contributed by atoms with Gasteiger partial charge >= 0.3 is 0 Å². The quantitative estimate of drug-likeness (QED) is 0.782. The van der Waals surface area contributed by atoms with Crippen molar-refractivity contribution in [3.8, 4) is 5.75 Å². The Morgan fingerprint density at radius 2 is 1.85 bits per heavy atom. The zero-order chi connectivity index (χ0) is 14.1. The number of halogens is 1. The average Bonchev–Trinajstić information content (AvgIpc) is 3.27. The molecule has 0 aromatic heterocycles. The highest BCUT2D eigenvalue weighted by Gasteiger charge is 2.45. The third-order valence-electron chi connectivity index (χ3n) is 3.79. The van der Waals surface area contributed by atoms with Gasteiger partial charge in [0.25, 0.3) is 0 Å². The van der Waals surface area contributed by atoms with Gasteiger partial charge in [0, 0.05) is 16.5 Å². The van der Waals surface area contributed by atoms with E-state index >= 15 is 0 Å². The first-order valence-electron chi connectivity index (χ1n) is 6.63. The first-order valence-corrected chi connectivity index (χ1v) is 7.01. The van der Waals surface area contributed by atoms with Crippen LogP contribution < -0.4 is 4.74 Å². The second-order valence-electron chi connectivity index (χ2n) is 5.06. The molecule has 2 unspecified atom stereocenters. The Kier molecular flexibility index (Phi) is 3.49. The number of Topliss-reactive ketones (excluding diaryl/α,β-unsaturated/α-hetero) is 1. The van der Waals surface area contributed by atoms with Crippen LogP contribution in [0.15, 0.2) is 48.5 Å². The lowest BCUT2D eigenvalue weighted by molar-refractivity contribution is 0.0965. The van der Waals surface area contributed by atoms with Gasteiger partial charge in [0.05, 0.1) is 7.11 Å². The highest BCUT2D eigenvalue weighted by Crippen LogP contribution is 2.51. The first kappa shape index (κ1) is 13.2. The minimum absolute atomic E-state index is 0.0625. The average molecular weight is 287 g/mol. The summed E-state index contributed by atoms with van der Waals surface area (Å²) in [5.74, 6) is 1.39. The van der Waals surface area contributed by atoms with E-state index < -0.39 is 0 Å². The van der Waals surface area contributed by atoms with Crippen molar-refractivity contribution in [2.75, 3.05) is 7.11 Å². The lowest BCUT2D eigenvalue weighted by Crippen LogP contribution is -2.03. The Morgan fingerprint density at radius 3 is 2.55 bits per heavy atom. The normalized spacial score (nSPS) is 20.5. The Labute approximate surface area is 123 Å². The lowest BCUT2D eigenvalue weighted by Gasteiger charge is -2.07. The summed E-state index contributed by atoms with van der Waals surface area (Å²) in [6.07, 6.45) is 0.891. The van der Waals surface area contributed by atoms with Crippen molar-refractivity contribution in [2.45, 2.75) is 12.3 Å². The topological polar surface area (TPSA) is 26.3 Å². The highest BCUT2D eigenvalue weighted by molar-refractivity contribution is 6.30. The standard InChI is InChI=1S/C17H15ClO2/c1-20-16-5-3-2-4-13(16)14-10-15(14)17(19)11-6-8-12(18)9-7-11/h2-9,14-15H,10H2,1H3. The molecule has 0 spiro atoms. The van der Waals surface area contributed by atoms with Crippen LogP contribution in [0.1, 0.15) is 28.3 Å². The third kappa shape index (κ3) is 2.44. The van der Waals surface area contributed by atoms with Crippen molar-refractivity contribution < 1.29 is 9.53 Å². The second kappa shape index (κ2) is 5.29. The SMILES string of the molecule is COc1ccccc1C1CC1C(=O)c1ccc(Cl)cc1. The predicted molar refractivity (Wildman–Crippen MR) is 79.6 cm³/mol. The molecule has 102 valence electrons. The molecule has 2 atom stereocenters. The summed E-state index contributed by atoms with van der Waals surface area (Å²) in [4.78, 5) is 12.4. The number of carbonyl (C=O) groups excluding carboxylic acids is 1. The van der Waals surface area contributed by atoms with E-state index in [-0.39, 0.29) is 17.6 Å². The van der Waals surface area contributed by atoms with E-state index in [9.17, 15) is 4.79 Å². The fourth-order valence-electron chi connectivity index (χ4n) is 2.63. The fraction of sp³-hybridized carbons (Fsp3) is 0.235. The molecule has 1 aliphatic rings. The first-order chi connectivity index (χ1) is 9.70. The molecule has 1 aliphatic carbocycles. The molecule has 0 bridgehead atoms. The smallest absolute Gasteiger partial charge is 0.166 e. The summed E-state index contributed by atoms with van der Waals surface area (Å²) >= 11 is 5.85. The number of ether oxygens (including phenoxy) is 1. The van der Waals surface area contributed by atoms with Gasteiger partial charge in [0.2, 0.25) is 0 Å². The molecular formula is C17H15ClO2. The summed E-state index contributed by atoms with van der Waals surface area (Å²) in [7, 11) is 1.66.